The van der Waals surface area contributed by atoms with Crippen LogP contribution in [0.3, 0.4) is 0 Å². The van der Waals surface area contributed by atoms with Crippen molar-refractivity contribution in [3.05, 3.63) is 34.5 Å². The molecule has 2 aliphatic heterocycles. The summed E-state index contributed by atoms with van der Waals surface area (Å²) in [5, 5.41) is 0. The summed E-state index contributed by atoms with van der Waals surface area (Å²) < 4.78 is 67.3. The molecule has 158 valence electrons. The summed E-state index contributed by atoms with van der Waals surface area (Å²) in [6.07, 6.45) is -2.43. The number of aromatic nitrogens is 3. The Hall–Kier alpha value is -2.63. The zero-order valence-corrected chi connectivity index (χ0v) is 15.5. The molecule has 4 heterocycles. The molecule has 2 aromatic heterocycles. The summed E-state index contributed by atoms with van der Waals surface area (Å²) in [6, 6.07) is -2.18. The highest BCUT2D eigenvalue weighted by molar-refractivity contribution is 5.48. The van der Waals surface area contributed by atoms with Crippen molar-refractivity contribution in [3.8, 4) is 0 Å². The summed E-state index contributed by atoms with van der Waals surface area (Å²) in [7, 11) is 0. The maximum Gasteiger partial charge on any atom is 0.408 e. The van der Waals surface area contributed by atoms with Crippen LogP contribution in [-0.4, -0.2) is 52.6 Å². The monoisotopic (exact) mass is 417 g/mol. The second-order valence-electron chi connectivity index (χ2n) is 7.02. The molecule has 12 heteroatoms. The summed E-state index contributed by atoms with van der Waals surface area (Å²) in [5.74, 6) is -1.56. The van der Waals surface area contributed by atoms with Gasteiger partial charge in [-0.1, -0.05) is 0 Å². The Labute approximate surface area is 162 Å². The lowest BCUT2D eigenvalue weighted by molar-refractivity contribution is -0.153. The van der Waals surface area contributed by atoms with Gasteiger partial charge in [0.25, 0.3) is 5.56 Å². The number of fused-ring (bicyclic) bond motifs is 1. The minimum atomic E-state index is -4.57. The number of oxazole rings is 1. The second-order valence-corrected chi connectivity index (χ2v) is 7.02. The minimum Gasteiger partial charge on any atom is -0.447 e. The van der Waals surface area contributed by atoms with Crippen LogP contribution in [-0.2, 0) is 17.8 Å². The molecule has 2 aliphatic rings. The summed E-state index contributed by atoms with van der Waals surface area (Å²) in [6.45, 7) is 1.99. The van der Waals surface area contributed by atoms with Gasteiger partial charge in [-0.15, -0.1) is 0 Å². The first-order chi connectivity index (χ1) is 13.8. The molecule has 0 amide bonds. The van der Waals surface area contributed by atoms with Gasteiger partial charge in [-0.3, -0.25) is 9.36 Å². The van der Waals surface area contributed by atoms with E-state index in [0.717, 1.165) is 9.47 Å². The molecular formula is C17H19F4N5O3. The molecule has 0 saturated carbocycles. The van der Waals surface area contributed by atoms with Crippen LogP contribution in [0.2, 0.25) is 0 Å². The van der Waals surface area contributed by atoms with Crippen LogP contribution in [0.25, 0.3) is 0 Å². The van der Waals surface area contributed by atoms with E-state index < -0.39 is 30.0 Å². The van der Waals surface area contributed by atoms with Gasteiger partial charge in [0.1, 0.15) is 12.3 Å². The predicted octanol–water partition coefficient (Wildman–Crippen LogP) is 1.94. The molecular weight excluding hydrogens is 398 g/mol. The standard InChI is InChI=1S/C17H19F4N5O3/c1-10-9-28-7-5-24(10)14-13(18)15(27)25-4-2-11(17(19,20)21)26(16(25)23-14)8-12-22-3-6-29-12/h3,6,10-11H,2,4-5,7-9H2,1H3/t10-,11+/m1/s1. The summed E-state index contributed by atoms with van der Waals surface area (Å²) in [5.41, 5.74) is -0.998. The van der Waals surface area contributed by atoms with Crippen molar-refractivity contribution in [2.75, 3.05) is 29.6 Å². The summed E-state index contributed by atoms with van der Waals surface area (Å²) in [4.78, 5) is 23.1. The minimum absolute atomic E-state index is 0.0348. The number of rotatable bonds is 3. The maximum absolute atomic E-state index is 14.8. The predicted molar refractivity (Wildman–Crippen MR) is 93.2 cm³/mol. The first-order valence-electron chi connectivity index (χ1n) is 9.14. The third-order valence-electron chi connectivity index (χ3n) is 5.14. The molecule has 0 aromatic carbocycles. The van der Waals surface area contributed by atoms with Gasteiger partial charge in [-0.25, -0.2) is 4.98 Å². The first-order valence-corrected chi connectivity index (χ1v) is 9.14. The van der Waals surface area contributed by atoms with Gasteiger partial charge in [0.15, 0.2) is 5.82 Å². The van der Waals surface area contributed by atoms with E-state index in [0.29, 0.717) is 13.2 Å². The molecule has 1 fully saturated rings. The van der Waals surface area contributed by atoms with E-state index in [1.165, 1.54) is 12.5 Å². The quantitative estimate of drug-likeness (QED) is 0.707. The number of ether oxygens (including phenoxy) is 1. The van der Waals surface area contributed by atoms with Crippen LogP contribution in [0.5, 0.6) is 0 Å². The zero-order chi connectivity index (χ0) is 20.8. The van der Waals surface area contributed by atoms with Crippen LogP contribution in [0.4, 0.5) is 29.3 Å². The number of hydrogen-bond donors (Lipinski definition) is 0. The van der Waals surface area contributed by atoms with Gasteiger partial charge in [-0.05, 0) is 13.3 Å². The molecule has 0 unspecified atom stereocenters. The number of alkyl halides is 3. The third kappa shape index (κ3) is 3.56. The molecule has 1 saturated heterocycles. The van der Waals surface area contributed by atoms with Gasteiger partial charge < -0.3 is 19.0 Å². The first kappa shape index (κ1) is 19.7. The number of nitrogens with zero attached hydrogens (tertiary/aromatic N) is 5. The Morgan fingerprint density at radius 2 is 2.10 bits per heavy atom. The fourth-order valence-corrected chi connectivity index (χ4v) is 3.71. The van der Waals surface area contributed by atoms with Crippen molar-refractivity contribution in [3.63, 3.8) is 0 Å². The van der Waals surface area contributed by atoms with Gasteiger partial charge in [0, 0.05) is 13.1 Å². The fourth-order valence-electron chi connectivity index (χ4n) is 3.71. The van der Waals surface area contributed by atoms with E-state index in [2.05, 4.69) is 9.97 Å². The van der Waals surface area contributed by atoms with Crippen LogP contribution in [0.1, 0.15) is 19.2 Å². The van der Waals surface area contributed by atoms with E-state index in [1.54, 1.807) is 11.8 Å². The number of halogens is 4. The summed E-state index contributed by atoms with van der Waals surface area (Å²) >= 11 is 0. The van der Waals surface area contributed by atoms with Crippen molar-refractivity contribution in [2.45, 2.75) is 44.7 Å². The molecule has 0 N–H and O–H groups in total. The largest absolute Gasteiger partial charge is 0.447 e. The Morgan fingerprint density at radius 1 is 1.31 bits per heavy atom. The zero-order valence-electron chi connectivity index (χ0n) is 15.5. The number of morpholine rings is 1. The maximum atomic E-state index is 14.8. The van der Waals surface area contributed by atoms with Crippen LogP contribution < -0.4 is 15.4 Å². The molecule has 4 rings (SSSR count). The Balaban J connectivity index is 1.83. The Kier molecular flexibility index (Phi) is 4.97. The average molecular weight is 417 g/mol. The van der Waals surface area contributed by atoms with E-state index >= 15 is 0 Å². The number of hydrogen-bond acceptors (Lipinski definition) is 7. The molecule has 0 aliphatic carbocycles. The van der Waals surface area contributed by atoms with Crippen molar-refractivity contribution < 1.29 is 26.7 Å². The van der Waals surface area contributed by atoms with E-state index in [1.807, 2.05) is 0 Å². The van der Waals surface area contributed by atoms with E-state index in [9.17, 15) is 22.4 Å². The lowest BCUT2D eigenvalue weighted by atomic mass is 10.1. The SMILES string of the molecule is C[C@@H]1COCCN1c1nc2n(c(=O)c1F)CC[C@@H](C(F)(F)F)N2Cc1ncco1. The molecule has 2 atom stereocenters. The normalized spacial score (nSPS) is 22.7. The number of anilines is 2. The lowest BCUT2D eigenvalue weighted by Crippen LogP contribution is -2.53. The highest BCUT2D eigenvalue weighted by Gasteiger charge is 2.47. The second kappa shape index (κ2) is 7.32. The van der Waals surface area contributed by atoms with Crippen molar-refractivity contribution >= 4 is 11.8 Å². The third-order valence-corrected chi connectivity index (χ3v) is 5.14. The van der Waals surface area contributed by atoms with E-state index in [-0.39, 0.29) is 43.3 Å². The van der Waals surface area contributed by atoms with E-state index in [4.69, 9.17) is 9.15 Å². The molecule has 2 aromatic rings. The smallest absolute Gasteiger partial charge is 0.408 e. The van der Waals surface area contributed by atoms with Crippen LogP contribution in [0, 0.1) is 5.82 Å². The highest BCUT2D eigenvalue weighted by Crippen LogP contribution is 2.35. The van der Waals surface area contributed by atoms with Crippen molar-refractivity contribution in [1.29, 1.82) is 0 Å². The average Bonchev–Trinajstić information content (AvgIpc) is 3.18. The Morgan fingerprint density at radius 3 is 2.76 bits per heavy atom. The Bertz CT molecular complexity index is 930. The van der Waals surface area contributed by atoms with Crippen LogP contribution >= 0.6 is 0 Å². The van der Waals surface area contributed by atoms with Gasteiger partial charge >= 0.3 is 6.18 Å². The van der Waals surface area contributed by atoms with Gasteiger partial charge in [0.2, 0.25) is 17.7 Å². The molecule has 0 spiro atoms. The van der Waals surface area contributed by atoms with Crippen LogP contribution in [0.15, 0.2) is 21.7 Å². The lowest BCUT2D eigenvalue weighted by Gasteiger charge is -2.40. The van der Waals surface area contributed by atoms with Gasteiger partial charge in [0.05, 0.1) is 32.0 Å². The molecule has 0 radical (unpaired) electrons. The fraction of sp³-hybridized carbons (Fsp3) is 0.588. The molecule has 8 nitrogen and oxygen atoms in total. The highest BCUT2D eigenvalue weighted by atomic mass is 19.4. The topological polar surface area (TPSA) is 76.6 Å². The van der Waals surface area contributed by atoms with Crippen molar-refractivity contribution in [1.82, 2.24) is 14.5 Å². The molecule has 29 heavy (non-hydrogen) atoms. The van der Waals surface area contributed by atoms with Gasteiger partial charge in [-0.2, -0.15) is 22.5 Å². The molecule has 0 bridgehead atoms. The van der Waals surface area contributed by atoms with Crippen molar-refractivity contribution in [2.24, 2.45) is 0 Å².